The van der Waals surface area contributed by atoms with E-state index in [0.29, 0.717) is 35.1 Å². The SMILES string of the molecule is COc1cc(-c2ccc(=O)n(CC(=O)N3CCCc4ccccc43)n2)cc(OC)c1OC. The molecule has 2 heterocycles. The van der Waals surface area contributed by atoms with E-state index in [1.807, 2.05) is 24.3 Å². The Morgan fingerprint density at radius 2 is 1.72 bits per heavy atom. The molecule has 0 atom stereocenters. The molecule has 3 aromatic rings. The Labute approximate surface area is 186 Å². The molecule has 0 saturated carbocycles. The Morgan fingerprint density at radius 1 is 1.00 bits per heavy atom. The van der Waals surface area contributed by atoms with Gasteiger partial charge < -0.3 is 19.1 Å². The summed E-state index contributed by atoms with van der Waals surface area (Å²) < 4.78 is 17.4. The van der Waals surface area contributed by atoms with E-state index < -0.39 is 0 Å². The first-order chi connectivity index (χ1) is 15.5. The molecule has 8 heteroatoms. The number of fused-ring (bicyclic) bond motifs is 1. The van der Waals surface area contributed by atoms with Gasteiger partial charge in [-0.25, -0.2) is 4.68 Å². The van der Waals surface area contributed by atoms with Gasteiger partial charge in [0, 0.05) is 23.9 Å². The normalized spacial score (nSPS) is 12.8. The van der Waals surface area contributed by atoms with Crippen molar-refractivity contribution in [1.29, 1.82) is 0 Å². The summed E-state index contributed by atoms with van der Waals surface area (Å²) in [7, 11) is 4.60. The van der Waals surface area contributed by atoms with Crippen LogP contribution in [0.4, 0.5) is 5.69 Å². The number of ether oxygens (including phenoxy) is 3. The smallest absolute Gasteiger partial charge is 0.267 e. The van der Waals surface area contributed by atoms with E-state index in [1.54, 1.807) is 23.1 Å². The predicted molar refractivity (Wildman–Crippen MR) is 121 cm³/mol. The number of carbonyl (C=O) groups is 1. The van der Waals surface area contributed by atoms with Gasteiger partial charge >= 0.3 is 0 Å². The molecular formula is C24H25N3O5. The molecule has 0 bridgehead atoms. The highest BCUT2D eigenvalue weighted by molar-refractivity contribution is 5.94. The molecule has 8 nitrogen and oxygen atoms in total. The summed E-state index contributed by atoms with van der Waals surface area (Å²) in [5, 5.41) is 4.44. The Kier molecular flexibility index (Phi) is 6.11. The average molecular weight is 435 g/mol. The van der Waals surface area contributed by atoms with Crippen molar-refractivity contribution >= 4 is 11.6 Å². The van der Waals surface area contributed by atoms with Crippen molar-refractivity contribution in [3.63, 3.8) is 0 Å². The van der Waals surface area contributed by atoms with Gasteiger partial charge in [0.2, 0.25) is 11.7 Å². The molecule has 0 N–H and O–H groups in total. The number of amides is 1. The fourth-order valence-electron chi connectivity index (χ4n) is 3.95. The van der Waals surface area contributed by atoms with Crippen molar-refractivity contribution in [1.82, 2.24) is 9.78 Å². The van der Waals surface area contributed by atoms with Gasteiger partial charge in [-0.2, -0.15) is 5.10 Å². The Hall–Kier alpha value is -3.81. The van der Waals surface area contributed by atoms with Gasteiger partial charge in [-0.1, -0.05) is 18.2 Å². The van der Waals surface area contributed by atoms with Crippen molar-refractivity contribution in [3.05, 3.63) is 64.4 Å². The highest BCUT2D eigenvalue weighted by Gasteiger charge is 2.23. The van der Waals surface area contributed by atoms with Crippen molar-refractivity contribution in [2.45, 2.75) is 19.4 Å². The van der Waals surface area contributed by atoms with Gasteiger partial charge in [0.25, 0.3) is 5.56 Å². The zero-order chi connectivity index (χ0) is 22.7. The van der Waals surface area contributed by atoms with E-state index in [0.717, 1.165) is 24.1 Å². The number of nitrogens with zero attached hydrogens (tertiary/aromatic N) is 3. The van der Waals surface area contributed by atoms with E-state index in [4.69, 9.17) is 14.2 Å². The van der Waals surface area contributed by atoms with Crippen LogP contribution in [0.5, 0.6) is 17.2 Å². The molecule has 166 valence electrons. The van der Waals surface area contributed by atoms with E-state index in [9.17, 15) is 9.59 Å². The minimum absolute atomic E-state index is 0.147. The molecule has 1 aliphatic rings. The van der Waals surface area contributed by atoms with E-state index >= 15 is 0 Å². The van der Waals surface area contributed by atoms with Crippen LogP contribution in [0.25, 0.3) is 11.3 Å². The third-order valence-electron chi connectivity index (χ3n) is 5.52. The zero-order valence-corrected chi connectivity index (χ0v) is 18.3. The van der Waals surface area contributed by atoms with Gasteiger partial charge in [-0.05, 0) is 42.7 Å². The maximum Gasteiger partial charge on any atom is 0.267 e. The number of hydrogen-bond donors (Lipinski definition) is 0. The summed E-state index contributed by atoms with van der Waals surface area (Å²) in [6.07, 6.45) is 1.82. The molecule has 32 heavy (non-hydrogen) atoms. The van der Waals surface area contributed by atoms with Gasteiger partial charge in [0.05, 0.1) is 27.0 Å². The van der Waals surface area contributed by atoms with Crippen LogP contribution in [0, 0.1) is 0 Å². The predicted octanol–water partition coefficient (Wildman–Crippen LogP) is 2.92. The molecule has 0 spiro atoms. The van der Waals surface area contributed by atoms with Crippen LogP contribution in [0.3, 0.4) is 0 Å². The second kappa shape index (κ2) is 9.13. The Morgan fingerprint density at radius 3 is 2.41 bits per heavy atom. The van der Waals surface area contributed by atoms with Crippen molar-refractivity contribution in [3.8, 4) is 28.5 Å². The van der Waals surface area contributed by atoms with Crippen LogP contribution < -0.4 is 24.7 Å². The lowest BCUT2D eigenvalue weighted by Gasteiger charge is -2.29. The highest BCUT2D eigenvalue weighted by atomic mass is 16.5. The molecular weight excluding hydrogens is 410 g/mol. The van der Waals surface area contributed by atoms with Gasteiger partial charge in [0.15, 0.2) is 11.5 Å². The second-order valence-corrected chi connectivity index (χ2v) is 7.41. The van der Waals surface area contributed by atoms with Crippen molar-refractivity contribution in [2.75, 3.05) is 32.8 Å². The summed E-state index contributed by atoms with van der Waals surface area (Å²) in [5.41, 5.74) is 2.87. The first-order valence-corrected chi connectivity index (χ1v) is 10.3. The number of aromatic nitrogens is 2. The summed E-state index contributed by atoms with van der Waals surface area (Å²) in [6, 6.07) is 14.4. The van der Waals surface area contributed by atoms with Crippen molar-refractivity contribution in [2.24, 2.45) is 0 Å². The van der Waals surface area contributed by atoms with Crippen LogP contribution in [0.1, 0.15) is 12.0 Å². The van der Waals surface area contributed by atoms with Crippen molar-refractivity contribution < 1.29 is 19.0 Å². The number of aryl methyl sites for hydroxylation is 1. The Bertz CT molecular complexity index is 1180. The number of hydrogen-bond acceptors (Lipinski definition) is 6. The quantitative estimate of drug-likeness (QED) is 0.592. The zero-order valence-electron chi connectivity index (χ0n) is 18.3. The van der Waals surface area contributed by atoms with E-state index in [1.165, 1.54) is 32.1 Å². The number of benzene rings is 2. The van der Waals surface area contributed by atoms with Crippen LogP contribution in [-0.4, -0.2) is 43.6 Å². The molecule has 1 amide bonds. The summed E-state index contributed by atoms with van der Waals surface area (Å²) in [4.78, 5) is 27.3. The van der Waals surface area contributed by atoms with E-state index in [2.05, 4.69) is 5.10 Å². The van der Waals surface area contributed by atoms with E-state index in [-0.39, 0.29) is 18.0 Å². The topological polar surface area (TPSA) is 82.9 Å². The highest BCUT2D eigenvalue weighted by Crippen LogP contribution is 2.40. The number of carbonyl (C=O) groups excluding carboxylic acids is 1. The number of para-hydroxylation sites is 1. The first kappa shape index (κ1) is 21.4. The third-order valence-corrected chi connectivity index (χ3v) is 5.52. The third kappa shape index (κ3) is 4.03. The first-order valence-electron chi connectivity index (χ1n) is 10.3. The molecule has 0 saturated heterocycles. The number of anilines is 1. The average Bonchev–Trinajstić information content (AvgIpc) is 2.83. The lowest BCUT2D eigenvalue weighted by molar-refractivity contribution is -0.119. The molecule has 1 aliphatic heterocycles. The summed E-state index contributed by atoms with van der Waals surface area (Å²) in [6.45, 7) is 0.475. The fourth-order valence-corrected chi connectivity index (χ4v) is 3.95. The molecule has 0 fully saturated rings. The maximum atomic E-state index is 13.1. The van der Waals surface area contributed by atoms with Crippen LogP contribution >= 0.6 is 0 Å². The largest absolute Gasteiger partial charge is 0.493 e. The summed E-state index contributed by atoms with van der Waals surface area (Å²) in [5.74, 6) is 1.24. The van der Waals surface area contributed by atoms with Gasteiger partial charge in [0.1, 0.15) is 6.54 Å². The molecule has 0 aliphatic carbocycles. The maximum absolute atomic E-state index is 13.1. The van der Waals surface area contributed by atoms with Gasteiger partial charge in [-0.3, -0.25) is 9.59 Å². The number of methoxy groups -OCH3 is 3. The second-order valence-electron chi connectivity index (χ2n) is 7.41. The van der Waals surface area contributed by atoms with Crippen LogP contribution in [-0.2, 0) is 17.8 Å². The standard InChI is InChI=1S/C24H25N3O5/c1-30-20-13-17(14-21(31-2)24(20)32-3)18-10-11-22(28)27(25-18)15-23(29)26-12-6-8-16-7-4-5-9-19(16)26/h4-5,7,9-11,13-14H,6,8,12,15H2,1-3H3. The molecule has 1 aromatic heterocycles. The molecule has 0 unspecified atom stereocenters. The number of rotatable bonds is 6. The monoisotopic (exact) mass is 435 g/mol. The minimum Gasteiger partial charge on any atom is -0.493 e. The summed E-state index contributed by atoms with van der Waals surface area (Å²) >= 11 is 0. The Balaban J connectivity index is 1.66. The molecule has 4 rings (SSSR count). The van der Waals surface area contributed by atoms with Crippen LogP contribution in [0.2, 0.25) is 0 Å². The minimum atomic E-state index is -0.347. The fraction of sp³-hybridized carbons (Fsp3) is 0.292. The van der Waals surface area contributed by atoms with Crippen LogP contribution in [0.15, 0.2) is 53.3 Å². The lowest BCUT2D eigenvalue weighted by atomic mass is 10.0. The van der Waals surface area contributed by atoms with Gasteiger partial charge in [-0.15, -0.1) is 0 Å². The molecule has 2 aromatic carbocycles. The molecule has 0 radical (unpaired) electrons. The lowest BCUT2D eigenvalue weighted by Crippen LogP contribution is -2.40.